The van der Waals surface area contributed by atoms with E-state index in [-0.39, 0.29) is 6.03 Å². The molecule has 1 aromatic rings. The van der Waals surface area contributed by atoms with Gasteiger partial charge in [-0.15, -0.1) is 0 Å². The number of ether oxygens (including phenoxy) is 1. The fraction of sp³-hybridized carbons (Fsp3) is 0.562. The van der Waals surface area contributed by atoms with Gasteiger partial charge < -0.3 is 14.5 Å². The molecule has 110 valence electrons. The summed E-state index contributed by atoms with van der Waals surface area (Å²) in [5, 5.41) is 0. The number of hydrogen-bond donors (Lipinski definition) is 0. The summed E-state index contributed by atoms with van der Waals surface area (Å²) in [7, 11) is 3.60. The van der Waals surface area contributed by atoms with E-state index in [0.29, 0.717) is 5.92 Å². The van der Waals surface area contributed by atoms with Crippen LogP contribution < -0.4 is 4.74 Å². The Bertz CT molecular complexity index is 434. The van der Waals surface area contributed by atoms with Crippen molar-refractivity contribution in [2.75, 3.05) is 33.8 Å². The molecular formula is C16H24N2O2. The van der Waals surface area contributed by atoms with Crippen molar-refractivity contribution >= 4 is 6.03 Å². The van der Waals surface area contributed by atoms with Gasteiger partial charge in [0, 0.05) is 27.2 Å². The van der Waals surface area contributed by atoms with Crippen molar-refractivity contribution in [3.8, 4) is 5.75 Å². The van der Waals surface area contributed by atoms with Gasteiger partial charge in [0.25, 0.3) is 0 Å². The van der Waals surface area contributed by atoms with Crippen molar-refractivity contribution in [1.29, 1.82) is 0 Å². The Morgan fingerprint density at radius 1 is 1.25 bits per heavy atom. The smallest absolute Gasteiger partial charge is 0.319 e. The number of amides is 2. The third-order valence-electron chi connectivity index (χ3n) is 3.77. The molecule has 0 N–H and O–H groups in total. The van der Waals surface area contributed by atoms with Crippen molar-refractivity contribution in [3.63, 3.8) is 0 Å². The second-order valence-corrected chi connectivity index (χ2v) is 5.73. The van der Waals surface area contributed by atoms with Gasteiger partial charge in [0.05, 0.1) is 6.61 Å². The molecular weight excluding hydrogens is 252 g/mol. The molecule has 4 heteroatoms. The van der Waals surface area contributed by atoms with E-state index < -0.39 is 0 Å². The summed E-state index contributed by atoms with van der Waals surface area (Å²) >= 11 is 0. The average Bonchev–Trinajstić information content (AvgIpc) is 2.46. The molecule has 4 nitrogen and oxygen atoms in total. The number of likely N-dealkylation sites (tertiary alicyclic amines) is 1. The molecule has 0 unspecified atom stereocenters. The monoisotopic (exact) mass is 276 g/mol. The minimum atomic E-state index is 0.114. The number of benzene rings is 1. The summed E-state index contributed by atoms with van der Waals surface area (Å²) in [6, 6.07) is 8.27. The van der Waals surface area contributed by atoms with Crippen molar-refractivity contribution in [1.82, 2.24) is 9.80 Å². The van der Waals surface area contributed by atoms with E-state index in [1.807, 2.05) is 17.0 Å². The van der Waals surface area contributed by atoms with E-state index in [2.05, 4.69) is 19.1 Å². The van der Waals surface area contributed by atoms with Gasteiger partial charge in [-0.2, -0.15) is 0 Å². The van der Waals surface area contributed by atoms with Crippen molar-refractivity contribution in [2.45, 2.75) is 19.8 Å². The highest BCUT2D eigenvalue weighted by molar-refractivity contribution is 5.73. The molecule has 0 radical (unpaired) electrons. The molecule has 1 aliphatic heterocycles. The van der Waals surface area contributed by atoms with Crippen LogP contribution in [0.4, 0.5) is 4.79 Å². The lowest BCUT2D eigenvalue weighted by molar-refractivity contribution is 0.129. The summed E-state index contributed by atoms with van der Waals surface area (Å²) in [4.78, 5) is 15.4. The minimum absolute atomic E-state index is 0.114. The summed E-state index contributed by atoms with van der Waals surface area (Å²) in [5.41, 5.74) is 1.24. The van der Waals surface area contributed by atoms with Gasteiger partial charge in [-0.3, -0.25) is 0 Å². The summed E-state index contributed by atoms with van der Waals surface area (Å²) in [6.45, 7) is 4.48. The number of carbonyl (C=O) groups excluding carboxylic acids is 1. The molecule has 20 heavy (non-hydrogen) atoms. The number of carbonyl (C=O) groups is 1. The molecule has 1 aromatic carbocycles. The van der Waals surface area contributed by atoms with Gasteiger partial charge in [0.1, 0.15) is 5.75 Å². The van der Waals surface area contributed by atoms with Crippen molar-refractivity contribution in [2.24, 2.45) is 5.92 Å². The first-order valence-electron chi connectivity index (χ1n) is 7.22. The Morgan fingerprint density at radius 3 is 2.40 bits per heavy atom. The average molecular weight is 276 g/mol. The number of rotatable bonds is 3. The molecule has 0 saturated carbocycles. The molecule has 1 heterocycles. The zero-order valence-electron chi connectivity index (χ0n) is 12.6. The topological polar surface area (TPSA) is 32.8 Å². The van der Waals surface area contributed by atoms with Crippen LogP contribution in [-0.2, 0) is 0 Å². The predicted octanol–water partition coefficient (Wildman–Crippen LogP) is 2.77. The second kappa shape index (κ2) is 6.64. The Balaban J connectivity index is 1.74. The van der Waals surface area contributed by atoms with Gasteiger partial charge in [-0.25, -0.2) is 4.79 Å². The van der Waals surface area contributed by atoms with Gasteiger partial charge in [-0.05, 0) is 37.8 Å². The molecule has 1 fully saturated rings. The van der Waals surface area contributed by atoms with Gasteiger partial charge in [0.2, 0.25) is 0 Å². The highest BCUT2D eigenvalue weighted by Gasteiger charge is 2.23. The minimum Gasteiger partial charge on any atom is -0.493 e. The highest BCUT2D eigenvalue weighted by atomic mass is 16.5. The van der Waals surface area contributed by atoms with Crippen LogP contribution in [0.5, 0.6) is 5.75 Å². The molecule has 1 saturated heterocycles. The van der Waals surface area contributed by atoms with E-state index in [9.17, 15) is 4.79 Å². The zero-order valence-corrected chi connectivity index (χ0v) is 12.6. The number of aryl methyl sites for hydroxylation is 1. The van der Waals surface area contributed by atoms with Crippen molar-refractivity contribution < 1.29 is 9.53 Å². The molecule has 0 aromatic heterocycles. The third-order valence-corrected chi connectivity index (χ3v) is 3.77. The first-order chi connectivity index (χ1) is 9.56. The fourth-order valence-corrected chi connectivity index (χ4v) is 2.42. The lowest BCUT2D eigenvalue weighted by atomic mass is 9.98. The Labute approximate surface area is 121 Å². The maximum atomic E-state index is 11.8. The Morgan fingerprint density at radius 2 is 1.85 bits per heavy atom. The van der Waals surface area contributed by atoms with Gasteiger partial charge in [-0.1, -0.05) is 17.7 Å². The lowest BCUT2D eigenvalue weighted by Gasteiger charge is -2.33. The lowest BCUT2D eigenvalue weighted by Crippen LogP contribution is -2.44. The van der Waals surface area contributed by atoms with Crippen LogP contribution in [-0.4, -0.2) is 49.6 Å². The predicted molar refractivity (Wildman–Crippen MR) is 80.1 cm³/mol. The maximum absolute atomic E-state index is 11.8. The molecule has 2 amide bonds. The van der Waals surface area contributed by atoms with Crippen LogP contribution in [0.1, 0.15) is 18.4 Å². The quantitative estimate of drug-likeness (QED) is 0.850. The second-order valence-electron chi connectivity index (χ2n) is 5.73. The first-order valence-corrected chi connectivity index (χ1v) is 7.22. The third kappa shape index (κ3) is 3.89. The van der Waals surface area contributed by atoms with E-state index in [0.717, 1.165) is 38.3 Å². The molecule has 0 bridgehead atoms. The van der Waals surface area contributed by atoms with Crippen LogP contribution in [0.15, 0.2) is 24.3 Å². The SMILES string of the molecule is Cc1ccc(OCC2CCN(C(=O)N(C)C)CC2)cc1. The van der Waals surface area contributed by atoms with E-state index in [1.54, 1.807) is 19.0 Å². The van der Waals surface area contributed by atoms with Crippen LogP contribution in [0.2, 0.25) is 0 Å². The van der Waals surface area contributed by atoms with Crippen LogP contribution >= 0.6 is 0 Å². The van der Waals surface area contributed by atoms with E-state index in [4.69, 9.17) is 4.74 Å². The number of hydrogen-bond acceptors (Lipinski definition) is 2. The summed E-state index contributed by atoms with van der Waals surface area (Å²) < 4.78 is 5.83. The number of piperidine rings is 1. The molecule has 2 rings (SSSR count). The van der Waals surface area contributed by atoms with Crippen molar-refractivity contribution in [3.05, 3.63) is 29.8 Å². The van der Waals surface area contributed by atoms with Gasteiger partial charge in [0.15, 0.2) is 0 Å². The molecule has 0 aliphatic carbocycles. The van der Waals surface area contributed by atoms with Crippen LogP contribution in [0.3, 0.4) is 0 Å². The maximum Gasteiger partial charge on any atom is 0.319 e. The number of nitrogens with zero attached hydrogens (tertiary/aromatic N) is 2. The highest BCUT2D eigenvalue weighted by Crippen LogP contribution is 2.20. The zero-order chi connectivity index (χ0) is 14.5. The van der Waals surface area contributed by atoms with E-state index in [1.165, 1.54) is 5.56 Å². The molecule has 0 atom stereocenters. The van der Waals surface area contributed by atoms with Crippen LogP contribution in [0, 0.1) is 12.8 Å². The first kappa shape index (κ1) is 14.7. The molecule has 1 aliphatic rings. The largest absolute Gasteiger partial charge is 0.493 e. The standard InChI is InChI=1S/C16H24N2O2/c1-13-4-6-15(7-5-13)20-12-14-8-10-18(11-9-14)16(19)17(2)3/h4-7,14H,8-12H2,1-3H3. The Hall–Kier alpha value is -1.71. The fourth-order valence-electron chi connectivity index (χ4n) is 2.42. The normalized spacial score (nSPS) is 16.1. The summed E-state index contributed by atoms with van der Waals surface area (Å²) in [6.07, 6.45) is 2.04. The van der Waals surface area contributed by atoms with E-state index >= 15 is 0 Å². The molecule has 0 spiro atoms. The van der Waals surface area contributed by atoms with Gasteiger partial charge >= 0.3 is 6.03 Å². The number of urea groups is 1. The van der Waals surface area contributed by atoms with Crippen LogP contribution in [0.25, 0.3) is 0 Å². The summed E-state index contributed by atoms with van der Waals surface area (Å²) in [5.74, 6) is 1.48. The Kier molecular flexibility index (Phi) is 4.88.